The number of anilines is 1. The highest BCUT2D eigenvalue weighted by molar-refractivity contribution is 6.02. The molecule has 20 heavy (non-hydrogen) atoms. The van der Waals surface area contributed by atoms with E-state index in [9.17, 15) is 18.0 Å². The summed E-state index contributed by atoms with van der Waals surface area (Å²) in [6.07, 6.45) is 2.65. The maximum atomic E-state index is 13.3. The molecule has 0 spiro atoms. The zero-order valence-corrected chi connectivity index (χ0v) is 10.2. The van der Waals surface area contributed by atoms with E-state index in [4.69, 9.17) is 0 Å². The molecule has 1 N–H and O–H groups in total. The Balaban J connectivity index is 2.11. The fourth-order valence-electron chi connectivity index (χ4n) is 1.56. The topological polar surface area (TPSA) is 29.1 Å². The number of amides is 1. The second-order valence-corrected chi connectivity index (χ2v) is 3.98. The van der Waals surface area contributed by atoms with E-state index in [1.54, 1.807) is 24.3 Å². The largest absolute Gasteiger partial charge is 0.320 e. The second kappa shape index (κ2) is 6.06. The summed E-state index contributed by atoms with van der Waals surface area (Å²) >= 11 is 0. The second-order valence-electron chi connectivity index (χ2n) is 3.98. The van der Waals surface area contributed by atoms with Gasteiger partial charge in [0.05, 0.1) is 5.69 Å². The maximum Gasteiger partial charge on any atom is 0.248 e. The van der Waals surface area contributed by atoms with Gasteiger partial charge >= 0.3 is 0 Å². The van der Waals surface area contributed by atoms with Gasteiger partial charge in [0, 0.05) is 18.2 Å². The van der Waals surface area contributed by atoms with Gasteiger partial charge in [-0.3, -0.25) is 4.79 Å². The Kier molecular flexibility index (Phi) is 4.20. The molecule has 2 aromatic carbocycles. The van der Waals surface area contributed by atoms with Crippen LogP contribution in [0.5, 0.6) is 0 Å². The van der Waals surface area contributed by atoms with Crippen LogP contribution >= 0.6 is 0 Å². The standard InChI is InChI=1S/C15H10F3NO/c16-11-8-12(17)15(18)13(9-11)19-14(20)7-6-10-4-2-1-3-5-10/h1-9H,(H,19,20)/b7-6+. The lowest BCUT2D eigenvalue weighted by Crippen LogP contribution is -2.10. The van der Waals surface area contributed by atoms with Gasteiger partial charge in [-0.05, 0) is 11.6 Å². The van der Waals surface area contributed by atoms with E-state index in [0.29, 0.717) is 12.1 Å². The highest BCUT2D eigenvalue weighted by Crippen LogP contribution is 2.19. The SMILES string of the molecule is O=C(/C=C/c1ccccc1)Nc1cc(F)cc(F)c1F. The number of carbonyl (C=O) groups is 1. The first-order valence-corrected chi connectivity index (χ1v) is 5.75. The van der Waals surface area contributed by atoms with Crippen LogP contribution in [0.25, 0.3) is 6.08 Å². The number of halogens is 3. The Labute approximate surface area is 113 Å². The van der Waals surface area contributed by atoms with Crippen molar-refractivity contribution in [2.45, 2.75) is 0 Å². The molecule has 0 aromatic heterocycles. The van der Waals surface area contributed by atoms with Crippen molar-refractivity contribution < 1.29 is 18.0 Å². The lowest BCUT2D eigenvalue weighted by atomic mass is 10.2. The van der Waals surface area contributed by atoms with Crippen LogP contribution in [0.1, 0.15) is 5.56 Å². The molecule has 0 fully saturated rings. The van der Waals surface area contributed by atoms with Crippen LogP contribution in [0.4, 0.5) is 18.9 Å². The molecule has 0 aliphatic carbocycles. The monoisotopic (exact) mass is 277 g/mol. The van der Waals surface area contributed by atoms with Crippen LogP contribution in [-0.2, 0) is 4.79 Å². The van der Waals surface area contributed by atoms with E-state index < -0.39 is 29.0 Å². The summed E-state index contributed by atoms with van der Waals surface area (Å²) in [4.78, 5) is 11.6. The van der Waals surface area contributed by atoms with E-state index in [1.165, 1.54) is 6.08 Å². The molecule has 0 heterocycles. The summed E-state index contributed by atoms with van der Waals surface area (Å²) in [5.74, 6) is -4.30. The van der Waals surface area contributed by atoms with Gasteiger partial charge in [0.15, 0.2) is 11.6 Å². The molecule has 0 aliphatic rings. The fourth-order valence-corrected chi connectivity index (χ4v) is 1.56. The minimum atomic E-state index is -1.35. The number of hydrogen-bond acceptors (Lipinski definition) is 1. The molecule has 0 aliphatic heterocycles. The predicted octanol–water partition coefficient (Wildman–Crippen LogP) is 3.76. The van der Waals surface area contributed by atoms with Crippen molar-refractivity contribution in [3.05, 3.63) is 71.6 Å². The minimum absolute atomic E-state index is 0.408. The Morgan fingerprint density at radius 1 is 1.05 bits per heavy atom. The summed E-state index contributed by atoms with van der Waals surface area (Å²) < 4.78 is 39.2. The van der Waals surface area contributed by atoms with Gasteiger partial charge in [0.25, 0.3) is 0 Å². The highest BCUT2D eigenvalue weighted by atomic mass is 19.2. The van der Waals surface area contributed by atoms with Crippen molar-refractivity contribution in [1.82, 2.24) is 0 Å². The summed E-state index contributed by atoms with van der Waals surface area (Å²) in [6.45, 7) is 0. The van der Waals surface area contributed by atoms with Crippen LogP contribution in [0.2, 0.25) is 0 Å². The van der Waals surface area contributed by atoms with Gasteiger partial charge in [0.2, 0.25) is 5.91 Å². The van der Waals surface area contributed by atoms with Crippen molar-refractivity contribution in [2.24, 2.45) is 0 Å². The average molecular weight is 277 g/mol. The summed E-state index contributed by atoms with van der Waals surface area (Å²) in [7, 11) is 0. The minimum Gasteiger partial charge on any atom is -0.320 e. The third kappa shape index (κ3) is 3.47. The van der Waals surface area contributed by atoms with Crippen molar-refractivity contribution in [1.29, 1.82) is 0 Å². The van der Waals surface area contributed by atoms with Gasteiger partial charge < -0.3 is 5.32 Å². The molecule has 0 bridgehead atoms. The molecule has 2 rings (SSSR count). The van der Waals surface area contributed by atoms with Gasteiger partial charge in [-0.25, -0.2) is 13.2 Å². The molecule has 0 atom stereocenters. The Bertz CT molecular complexity index is 654. The normalized spacial score (nSPS) is 10.8. The molecule has 102 valence electrons. The predicted molar refractivity (Wildman–Crippen MR) is 70.4 cm³/mol. The molecule has 2 aromatic rings. The Morgan fingerprint density at radius 2 is 1.75 bits per heavy atom. The third-order valence-electron chi connectivity index (χ3n) is 2.48. The summed E-state index contributed by atoms with van der Waals surface area (Å²) in [6, 6.07) is 10.1. The van der Waals surface area contributed by atoms with Crippen LogP contribution in [0.15, 0.2) is 48.5 Å². The quantitative estimate of drug-likeness (QED) is 0.671. The molecule has 0 unspecified atom stereocenters. The van der Waals surface area contributed by atoms with Gasteiger partial charge in [0.1, 0.15) is 5.82 Å². The molecule has 0 saturated carbocycles. The van der Waals surface area contributed by atoms with Crippen LogP contribution in [0.3, 0.4) is 0 Å². The molecular formula is C15H10F3NO. The highest BCUT2D eigenvalue weighted by Gasteiger charge is 2.12. The lowest BCUT2D eigenvalue weighted by molar-refractivity contribution is -0.111. The Morgan fingerprint density at radius 3 is 2.45 bits per heavy atom. The first-order chi connectivity index (χ1) is 9.56. The molecular weight excluding hydrogens is 267 g/mol. The maximum absolute atomic E-state index is 13.3. The zero-order valence-electron chi connectivity index (χ0n) is 10.2. The van der Waals surface area contributed by atoms with Gasteiger partial charge in [-0.1, -0.05) is 30.3 Å². The first kappa shape index (κ1) is 13.9. The van der Waals surface area contributed by atoms with Crippen LogP contribution in [-0.4, -0.2) is 5.91 Å². The van der Waals surface area contributed by atoms with Crippen LogP contribution < -0.4 is 5.32 Å². The number of nitrogens with one attached hydrogen (secondary N) is 1. The smallest absolute Gasteiger partial charge is 0.248 e. The molecule has 0 radical (unpaired) electrons. The molecule has 2 nitrogen and oxygen atoms in total. The number of rotatable bonds is 3. The van der Waals surface area contributed by atoms with E-state index >= 15 is 0 Å². The van der Waals surface area contributed by atoms with E-state index in [0.717, 1.165) is 11.6 Å². The summed E-state index contributed by atoms with van der Waals surface area (Å²) in [5, 5.41) is 2.08. The number of benzene rings is 2. The van der Waals surface area contributed by atoms with E-state index in [1.807, 2.05) is 6.07 Å². The lowest BCUT2D eigenvalue weighted by Gasteiger charge is -2.04. The Hall–Kier alpha value is -2.56. The van der Waals surface area contributed by atoms with E-state index in [-0.39, 0.29) is 0 Å². The fraction of sp³-hybridized carbons (Fsp3) is 0. The molecule has 5 heteroatoms. The van der Waals surface area contributed by atoms with Crippen molar-refractivity contribution >= 4 is 17.7 Å². The zero-order chi connectivity index (χ0) is 14.5. The van der Waals surface area contributed by atoms with Gasteiger partial charge in [-0.2, -0.15) is 0 Å². The van der Waals surface area contributed by atoms with Crippen molar-refractivity contribution in [3.63, 3.8) is 0 Å². The van der Waals surface area contributed by atoms with Crippen molar-refractivity contribution in [2.75, 3.05) is 5.32 Å². The van der Waals surface area contributed by atoms with Crippen molar-refractivity contribution in [3.8, 4) is 0 Å². The van der Waals surface area contributed by atoms with E-state index in [2.05, 4.69) is 5.32 Å². The third-order valence-corrected chi connectivity index (χ3v) is 2.48. The first-order valence-electron chi connectivity index (χ1n) is 5.75. The van der Waals surface area contributed by atoms with Gasteiger partial charge in [-0.15, -0.1) is 0 Å². The summed E-state index contributed by atoms with van der Waals surface area (Å²) in [5.41, 5.74) is 0.235. The van der Waals surface area contributed by atoms with Crippen LogP contribution in [0, 0.1) is 17.5 Å². The number of carbonyl (C=O) groups excluding carboxylic acids is 1. The number of hydrogen-bond donors (Lipinski definition) is 1. The average Bonchev–Trinajstić information content (AvgIpc) is 2.43. The molecule has 0 saturated heterocycles. The molecule has 1 amide bonds.